The minimum atomic E-state index is 0.364. The SMILES string of the molecule is Clc1cnc(I)cn1.Nc1cccc(Sc2cnc(Cl)cn2)c1Cl. The molecule has 0 amide bonds. The second-order valence-electron chi connectivity index (χ2n) is 4.10. The summed E-state index contributed by atoms with van der Waals surface area (Å²) in [5.74, 6) is 0. The Morgan fingerprint density at radius 2 is 1.54 bits per heavy atom. The maximum Gasteiger partial charge on any atom is 0.147 e. The quantitative estimate of drug-likeness (QED) is 0.373. The van der Waals surface area contributed by atoms with E-state index in [1.165, 1.54) is 24.2 Å². The van der Waals surface area contributed by atoms with Crippen molar-refractivity contribution in [1.82, 2.24) is 19.9 Å². The molecule has 0 aliphatic rings. The molecule has 3 aromatic rings. The Bertz CT molecular complexity index is 782. The van der Waals surface area contributed by atoms with Crippen molar-refractivity contribution in [1.29, 1.82) is 0 Å². The van der Waals surface area contributed by atoms with Crippen molar-refractivity contribution in [3.8, 4) is 0 Å². The van der Waals surface area contributed by atoms with Crippen molar-refractivity contribution in [3.05, 3.63) is 62.0 Å². The first-order valence-corrected chi connectivity index (χ1v) is 9.31. The molecule has 5 nitrogen and oxygen atoms in total. The number of hydrogen-bond donors (Lipinski definition) is 1. The molecule has 0 spiro atoms. The van der Waals surface area contributed by atoms with Gasteiger partial charge < -0.3 is 5.73 Å². The summed E-state index contributed by atoms with van der Waals surface area (Å²) in [5.41, 5.74) is 6.25. The van der Waals surface area contributed by atoms with E-state index in [9.17, 15) is 0 Å². The second-order valence-corrected chi connectivity index (χ2v) is 7.42. The van der Waals surface area contributed by atoms with Gasteiger partial charge in [0.25, 0.3) is 0 Å². The van der Waals surface area contributed by atoms with E-state index < -0.39 is 0 Å². The predicted octanol–water partition coefficient (Wildman–Crippen LogP) is 5.25. The zero-order valence-electron chi connectivity index (χ0n) is 11.8. The Kier molecular flexibility index (Phi) is 7.76. The number of rotatable bonds is 2. The van der Waals surface area contributed by atoms with E-state index in [1.807, 2.05) is 12.1 Å². The van der Waals surface area contributed by atoms with Crippen LogP contribution in [0.5, 0.6) is 0 Å². The minimum absolute atomic E-state index is 0.364. The molecule has 2 N–H and O–H groups in total. The van der Waals surface area contributed by atoms with Gasteiger partial charge >= 0.3 is 0 Å². The van der Waals surface area contributed by atoms with Gasteiger partial charge in [-0.05, 0) is 34.7 Å². The number of nitrogens with two attached hydrogens (primary N) is 1. The molecule has 0 aliphatic carbocycles. The molecule has 3 rings (SSSR count). The zero-order valence-corrected chi connectivity index (χ0v) is 17.1. The fourth-order valence-corrected chi connectivity index (χ4v) is 2.87. The van der Waals surface area contributed by atoms with Gasteiger partial charge in [0.1, 0.15) is 19.0 Å². The number of halogens is 4. The fraction of sp³-hybridized carbons (Fsp3) is 0. The third-order valence-electron chi connectivity index (χ3n) is 2.39. The first-order chi connectivity index (χ1) is 11.5. The van der Waals surface area contributed by atoms with Crippen LogP contribution in [0.25, 0.3) is 0 Å². The van der Waals surface area contributed by atoms with Gasteiger partial charge in [0.2, 0.25) is 0 Å². The number of benzene rings is 1. The van der Waals surface area contributed by atoms with Crippen molar-refractivity contribution >= 4 is 74.8 Å². The molecule has 1 aromatic carbocycles. The molecule has 0 radical (unpaired) electrons. The Morgan fingerprint density at radius 1 is 0.875 bits per heavy atom. The maximum atomic E-state index is 6.05. The third-order valence-corrected chi connectivity index (χ3v) is 4.85. The maximum absolute atomic E-state index is 6.05. The summed E-state index contributed by atoms with van der Waals surface area (Å²) in [5, 5.41) is 2.05. The van der Waals surface area contributed by atoms with Gasteiger partial charge in [-0.3, -0.25) is 0 Å². The molecule has 124 valence electrons. The van der Waals surface area contributed by atoms with Crippen LogP contribution in [0, 0.1) is 3.70 Å². The molecule has 0 saturated heterocycles. The van der Waals surface area contributed by atoms with Gasteiger partial charge in [-0.1, -0.05) is 52.6 Å². The summed E-state index contributed by atoms with van der Waals surface area (Å²) >= 11 is 20.6. The lowest BCUT2D eigenvalue weighted by atomic mass is 10.3. The molecule has 0 aliphatic heterocycles. The van der Waals surface area contributed by atoms with Gasteiger partial charge in [-0.25, -0.2) is 19.9 Å². The van der Waals surface area contributed by atoms with Crippen LogP contribution in [0.4, 0.5) is 5.69 Å². The van der Waals surface area contributed by atoms with Crippen LogP contribution in [-0.4, -0.2) is 19.9 Å². The highest BCUT2D eigenvalue weighted by Crippen LogP contribution is 2.35. The normalized spacial score (nSPS) is 10.0. The van der Waals surface area contributed by atoms with Crippen LogP contribution >= 0.6 is 69.2 Å². The highest BCUT2D eigenvalue weighted by molar-refractivity contribution is 14.1. The highest BCUT2D eigenvalue weighted by atomic mass is 127. The van der Waals surface area contributed by atoms with Gasteiger partial charge in [0.15, 0.2) is 0 Å². The third kappa shape index (κ3) is 6.21. The highest BCUT2D eigenvalue weighted by Gasteiger charge is 2.06. The molecule has 0 atom stereocenters. The lowest BCUT2D eigenvalue weighted by molar-refractivity contribution is 1.06. The molecule has 2 heterocycles. The average molecular weight is 513 g/mol. The minimum Gasteiger partial charge on any atom is -0.397 e. The molecule has 10 heteroatoms. The molecular weight excluding hydrogens is 504 g/mol. The lowest BCUT2D eigenvalue weighted by Gasteiger charge is -2.04. The van der Waals surface area contributed by atoms with Crippen molar-refractivity contribution in [2.75, 3.05) is 5.73 Å². The van der Waals surface area contributed by atoms with Crippen molar-refractivity contribution in [2.24, 2.45) is 0 Å². The number of anilines is 1. The van der Waals surface area contributed by atoms with Crippen molar-refractivity contribution in [3.63, 3.8) is 0 Å². The topological polar surface area (TPSA) is 77.6 Å². The van der Waals surface area contributed by atoms with E-state index in [0.717, 1.165) is 13.6 Å². The Hall–Kier alpha value is -0.870. The number of aromatic nitrogens is 4. The molecule has 0 saturated carbocycles. The van der Waals surface area contributed by atoms with Crippen LogP contribution in [0.3, 0.4) is 0 Å². The van der Waals surface area contributed by atoms with Gasteiger partial charge in [0.05, 0.1) is 35.5 Å². The Morgan fingerprint density at radius 3 is 2.08 bits per heavy atom. The molecule has 0 bridgehead atoms. The number of nitrogens with zero attached hydrogens (tertiary/aromatic N) is 4. The summed E-state index contributed by atoms with van der Waals surface area (Å²) in [6.45, 7) is 0. The van der Waals surface area contributed by atoms with E-state index in [-0.39, 0.29) is 0 Å². The van der Waals surface area contributed by atoms with Crippen LogP contribution in [-0.2, 0) is 0 Å². The first-order valence-electron chi connectivity index (χ1n) is 6.28. The average Bonchev–Trinajstić information content (AvgIpc) is 2.57. The number of nitrogen functional groups attached to an aromatic ring is 1. The first kappa shape index (κ1) is 19.5. The Balaban J connectivity index is 0.000000219. The molecule has 0 fully saturated rings. The van der Waals surface area contributed by atoms with Crippen LogP contribution in [0.2, 0.25) is 15.3 Å². The van der Waals surface area contributed by atoms with E-state index in [2.05, 4.69) is 42.5 Å². The van der Waals surface area contributed by atoms with Crippen LogP contribution < -0.4 is 5.73 Å². The van der Waals surface area contributed by atoms with E-state index >= 15 is 0 Å². The molecule has 24 heavy (non-hydrogen) atoms. The molecule has 0 unspecified atom stereocenters. The van der Waals surface area contributed by atoms with Crippen LogP contribution in [0.1, 0.15) is 0 Å². The monoisotopic (exact) mass is 511 g/mol. The summed E-state index contributed by atoms with van der Waals surface area (Å²) < 4.78 is 0.854. The zero-order chi connectivity index (χ0) is 17.5. The van der Waals surface area contributed by atoms with E-state index in [4.69, 9.17) is 40.5 Å². The standard InChI is InChI=1S/C10H7Cl2N3S.C4H2ClIN2/c11-8-4-15-9(5-14-8)16-7-3-1-2-6(13)10(7)12;5-3-1-8-4(6)2-7-3/h1-5H,13H2;1-2H. The molecular formula is C14H9Cl3IN5S. The largest absolute Gasteiger partial charge is 0.397 e. The second kappa shape index (κ2) is 9.57. The summed E-state index contributed by atoms with van der Waals surface area (Å²) in [6.07, 6.45) is 6.21. The lowest BCUT2D eigenvalue weighted by Crippen LogP contribution is -1.88. The summed E-state index contributed by atoms with van der Waals surface area (Å²) in [6, 6.07) is 5.46. The van der Waals surface area contributed by atoms with E-state index in [1.54, 1.807) is 18.5 Å². The van der Waals surface area contributed by atoms with Crippen molar-refractivity contribution < 1.29 is 0 Å². The van der Waals surface area contributed by atoms with E-state index in [0.29, 0.717) is 21.0 Å². The van der Waals surface area contributed by atoms with Gasteiger partial charge in [0, 0.05) is 4.90 Å². The predicted molar refractivity (Wildman–Crippen MR) is 107 cm³/mol. The van der Waals surface area contributed by atoms with Gasteiger partial charge in [-0.2, -0.15) is 0 Å². The van der Waals surface area contributed by atoms with Gasteiger partial charge in [-0.15, -0.1) is 0 Å². The van der Waals surface area contributed by atoms with Crippen LogP contribution in [0.15, 0.2) is 52.9 Å². The smallest absolute Gasteiger partial charge is 0.147 e. The summed E-state index contributed by atoms with van der Waals surface area (Å²) in [7, 11) is 0. The molecule has 2 aromatic heterocycles. The Labute approximate surface area is 171 Å². The summed E-state index contributed by atoms with van der Waals surface area (Å²) in [4.78, 5) is 16.5. The number of hydrogen-bond acceptors (Lipinski definition) is 6. The van der Waals surface area contributed by atoms with Crippen molar-refractivity contribution in [2.45, 2.75) is 9.92 Å². The fourth-order valence-electron chi connectivity index (χ4n) is 1.37.